The van der Waals surface area contributed by atoms with E-state index >= 15 is 0 Å². The maximum absolute atomic E-state index is 13.5. The van der Waals surface area contributed by atoms with E-state index in [-0.39, 0.29) is 36.2 Å². The van der Waals surface area contributed by atoms with Gasteiger partial charge >= 0.3 is 0 Å². The van der Waals surface area contributed by atoms with Crippen molar-refractivity contribution in [2.75, 3.05) is 18.4 Å². The van der Waals surface area contributed by atoms with Gasteiger partial charge in [-0.1, -0.05) is 0 Å². The van der Waals surface area contributed by atoms with Gasteiger partial charge in [0.1, 0.15) is 16.3 Å². The topological polar surface area (TPSA) is 105 Å². The molecule has 3 fully saturated rings. The maximum atomic E-state index is 13.5. The first-order chi connectivity index (χ1) is 16.5. The molecule has 35 heavy (non-hydrogen) atoms. The van der Waals surface area contributed by atoms with E-state index in [0.717, 1.165) is 36.1 Å². The highest BCUT2D eigenvalue weighted by Crippen LogP contribution is 2.34. The van der Waals surface area contributed by atoms with E-state index < -0.39 is 0 Å². The summed E-state index contributed by atoms with van der Waals surface area (Å²) < 4.78 is 1.80. The number of nitrogens with one attached hydrogen (secondary N) is 2. The lowest BCUT2D eigenvalue weighted by Crippen LogP contribution is -2.47. The van der Waals surface area contributed by atoms with Gasteiger partial charge in [0.25, 0.3) is 5.91 Å². The number of piperidine rings is 1. The highest BCUT2D eigenvalue weighted by Gasteiger charge is 2.33. The number of thiazole rings is 1. The van der Waals surface area contributed by atoms with Crippen molar-refractivity contribution in [1.29, 1.82) is 0 Å². The number of halogens is 1. The van der Waals surface area contributed by atoms with Crippen molar-refractivity contribution in [2.45, 2.75) is 57.5 Å². The van der Waals surface area contributed by atoms with Crippen LogP contribution in [0.4, 0.5) is 5.82 Å². The monoisotopic (exact) mass is 515 g/mol. The number of rotatable bonds is 7. The van der Waals surface area contributed by atoms with Crippen LogP contribution in [-0.2, 0) is 4.79 Å². The summed E-state index contributed by atoms with van der Waals surface area (Å²) in [6.07, 6.45) is 9.66. The summed E-state index contributed by atoms with van der Waals surface area (Å²) in [6, 6.07) is 2.22. The molecule has 2 N–H and O–H groups in total. The predicted molar refractivity (Wildman–Crippen MR) is 137 cm³/mol. The first-order valence-corrected chi connectivity index (χ1v) is 13.1. The fraction of sp³-hybridized carbons (Fsp3) is 0.542. The maximum Gasteiger partial charge on any atom is 0.272 e. The molecule has 1 saturated heterocycles. The zero-order valence-electron chi connectivity index (χ0n) is 19.6. The molecule has 4 heterocycles. The number of carbonyl (C=O) groups is 2. The average molecular weight is 516 g/mol. The third kappa shape index (κ3) is 5.13. The van der Waals surface area contributed by atoms with Crippen LogP contribution in [0.1, 0.15) is 55.9 Å². The quantitative estimate of drug-likeness (QED) is 0.498. The van der Waals surface area contributed by atoms with Gasteiger partial charge in [0.2, 0.25) is 5.91 Å². The fourth-order valence-corrected chi connectivity index (χ4v) is 5.42. The Labute approximate surface area is 214 Å². The number of anilines is 1. The van der Waals surface area contributed by atoms with E-state index in [1.54, 1.807) is 28.1 Å². The second-order valence-corrected chi connectivity index (χ2v) is 10.7. The van der Waals surface area contributed by atoms with Gasteiger partial charge in [-0.2, -0.15) is 5.10 Å². The molecule has 0 bridgehead atoms. The molecule has 186 valence electrons. The van der Waals surface area contributed by atoms with Crippen molar-refractivity contribution in [2.24, 2.45) is 11.8 Å². The Balaban J connectivity index is 0.00000253. The Bertz CT molecular complexity index is 1230. The van der Waals surface area contributed by atoms with Crippen molar-refractivity contribution in [3.63, 3.8) is 0 Å². The van der Waals surface area contributed by atoms with E-state index in [2.05, 4.69) is 27.6 Å². The molecular formula is C24H30ClN7O2S. The first-order valence-electron chi connectivity index (χ1n) is 12.2. The Morgan fingerprint density at radius 2 is 1.89 bits per heavy atom. The zero-order valence-corrected chi connectivity index (χ0v) is 21.3. The lowest BCUT2D eigenvalue weighted by molar-refractivity contribution is -0.123. The summed E-state index contributed by atoms with van der Waals surface area (Å²) in [4.78, 5) is 37.8. The first kappa shape index (κ1) is 24.0. The molecule has 3 aromatic heterocycles. The summed E-state index contributed by atoms with van der Waals surface area (Å²) in [5.41, 5.74) is 1.22. The second-order valence-electron chi connectivity index (χ2n) is 9.79. The van der Waals surface area contributed by atoms with Crippen LogP contribution < -0.4 is 10.6 Å². The summed E-state index contributed by atoms with van der Waals surface area (Å²) in [6.45, 7) is 3.38. The highest BCUT2D eigenvalue weighted by atomic mass is 35.5. The van der Waals surface area contributed by atoms with Crippen LogP contribution in [-0.4, -0.2) is 61.5 Å². The lowest BCUT2D eigenvalue weighted by atomic mass is 10.0. The number of aromatic nitrogens is 4. The normalized spacial score (nSPS) is 19.3. The molecule has 11 heteroatoms. The molecule has 0 radical (unpaired) electrons. The number of fused-ring (bicyclic) bond motifs is 1. The number of hydrogen-bond donors (Lipinski definition) is 2. The summed E-state index contributed by atoms with van der Waals surface area (Å²) in [7, 11) is 0. The van der Waals surface area contributed by atoms with Crippen molar-refractivity contribution in [3.8, 4) is 11.4 Å². The van der Waals surface area contributed by atoms with Crippen molar-refractivity contribution >= 4 is 46.2 Å². The van der Waals surface area contributed by atoms with E-state index in [1.165, 1.54) is 12.8 Å². The van der Waals surface area contributed by atoms with Crippen LogP contribution in [0.25, 0.3) is 16.2 Å². The van der Waals surface area contributed by atoms with Crippen LogP contribution in [0.15, 0.2) is 23.8 Å². The fourth-order valence-electron chi connectivity index (χ4n) is 4.63. The molecule has 0 unspecified atom stereocenters. The molecular weight excluding hydrogens is 486 g/mol. The lowest BCUT2D eigenvalue weighted by Gasteiger charge is -2.32. The Hall–Kier alpha value is -2.72. The molecule has 0 aromatic carbocycles. The Kier molecular flexibility index (Phi) is 6.67. The van der Waals surface area contributed by atoms with Crippen molar-refractivity contribution in [3.05, 3.63) is 29.5 Å². The van der Waals surface area contributed by atoms with Crippen molar-refractivity contribution < 1.29 is 9.59 Å². The number of amides is 2. The molecule has 6 rings (SSSR count). The molecule has 9 nitrogen and oxygen atoms in total. The number of nitrogens with zero attached hydrogens (tertiary/aromatic N) is 5. The van der Waals surface area contributed by atoms with E-state index in [0.29, 0.717) is 42.4 Å². The average Bonchev–Trinajstić information content (AvgIpc) is 3.76. The highest BCUT2D eigenvalue weighted by molar-refractivity contribution is 7.16. The van der Waals surface area contributed by atoms with Gasteiger partial charge in [-0.05, 0) is 51.4 Å². The minimum absolute atomic E-state index is 0. The van der Waals surface area contributed by atoms with Crippen LogP contribution in [0.5, 0.6) is 0 Å². The van der Waals surface area contributed by atoms with Crippen LogP contribution >= 0.6 is 23.7 Å². The van der Waals surface area contributed by atoms with Gasteiger partial charge in [-0.15, -0.1) is 23.7 Å². The third-order valence-corrected chi connectivity index (χ3v) is 7.99. The smallest absolute Gasteiger partial charge is 0.272 e. The second kappa shape index (κ2) is 9.73. The molecule has 0 spiro atoms. The number of likely N-dealkylation sites (tertiary alicyclic amines) is 1. The van der Waals surface area contributed by atoms with Gasteiger partial charge in [0, 0.05) is 48.7 Å². The molecule has 3 aromatic rings. The van der Waals surface area contributed by atoms with E-state index in [9.17, 15) is 9.59 Å². The largest absolute Gasteiger partial charge is 0.367 e. The standard InChI is InChI=1S/C24H29N7O2S.ClH/c1-14(15-2-3-15)26-20-12-19(28-21(29-20)18-13-25-31-10-11-34-24(18)31)23(33)30-8-6-17(7-9-30)27-22(32)16-4-5-16;/h10-17H,2-9H2,1H3,(H,27,32)(H,26,28,29);1H/t14-;/m0./s1. The molecule has 2 saturated carbocycles. The Morgan fingerprint density at radius 1 is 1.11 bits per heavy atom. The van der Waals surface area contributed by atoms with E-state index in [1.807, 2.05) is 16.5 Å². The predicted octanol–water partition coefficient (Wildman–Crippen LogP) is 3.62. The summed E-state index contributed by atoms with van der Waals surface area (Å²) in [5, 5.41) is 13.0. The number of carbonyl (C=O) groups excluding carboxylic acids is 2. The third-order valence-electron chi connectivity index (χ3n) is 7.10. The zero-order chi connectivity index (χ0) is 23.2. The van der Waals surface area contributed by atoms with Gasteiger partial charge in [-0.3, -0.25) is 9.59 Å². The van der Waals surface area contributed by atoms with Gasteiger partial charge in [0.15, 0.2) is 5.82 Å². The van der Waals surface area contributed by atoms with Gasteiger partial charge < -0.3 is 15.5 Å². The Morgan fingerprint density at radius 3 is 2.60 bits per heavy atom. The summed E-state index contributed by atoms with van der Waals surface area (Å²) in [5.74, 6) is 2.14. The summed E-state index contributed by atoms with van der Waals surface area (Å²) >= 11 is 1.57. The molecule has 3 aliphatic rings. The van der Waals surface area contributed by atoms with Crippen LogP contribution in [0.3, 0.4) is 0 Å². The van der Waals surface area contributed by atoms with Crippen LogP contribution in [0, 0.1) is 11.8 Å². The molecule has 1 atom stereocenters. The van der Waals surface area contributed by atoms with E-state index in [4.69, 9.17) is 4.98 Å². The minimum Gasteiger partial charge on any atom is -0.367 e. The molecule has 2 aliphatic carbocycles. The SMILES string of the molecule is C[C@H](Nc1cc(C(=O)N2CCC(NC(=O)C3CC3)CC2)nc(-c2cnn3ccsc23)n1)C1CC1.Cl. The number of hydrogen-bond acceptors (Lipinski definition) is 7. The minimum atomic E-state index is -0.0904. The van der Waals surface area contributed by atoms with Gasteiger partial charge in [-0.25, -0.2) is 14.5 Å². The van der Waals surface area contributed by atoms with Gasteiger partial charge in [0.05, 0.1) is 11.8 Å². The van der Waals surface area contributed by atoms with Crippen LogP contribution in [0.2, 0.25) is 0 Å². The molecule has 2 amide bonds. The van der Waals surface area contributed by atoms with Crippen molar-refractivity contribution in [1.82, 2.24) is 29.8 Å². The molecule has 1 aliphatic heterocycles.